The molecule has 23 rings (SSSR count). The molecule has 0 saturated heterocycles. The lowest BCUT2D eigenvalue weighted by Crippen LogP contribution is -2.16. The number of fused-ring (bicyclic) bond motifs is 17. The number of hydrogen-bond donors (Lipinski definition) is 0. The first-order valence-corrected chi connectivity index (χ1v) is 37.7. The number of furan rings is 1. The Morgan fingerprint density at radius 2 is 0.736 bits per heavy atom. The SMILES string of the molecule is CC1(C)c2ccccc2-c2cccc(-c3nc(-n4c5cc6ccccc6cc5c5c(-c6ccc(-c7ccc(-c8ccc9nc(-n%10c%11ccc(-c%12ccc%13ccccc%13c%12)cc%11c%11cc%12ccccc%12cc%11%10)nc(-c%10cccc%11c%10oc%10ccccc%10%11)c9c8)cc7)cc6)cccc54)nc4cc(-c5ccccc5)ccc34)c21. The van der Waals surface area contributed by atoms with Gasteiger partial charge in [0.05, 0.1) is 44.5 Å². The third-order valence-corrected chi connectivity index (χ3v) is 23.5. The summed E-state index contributed by atoms with van der Waals surface area (Å²) in [4.78, 5) is 22.8. The van der Waals surface area contributed by atoms with E-state index in [2.05, 4.69) is 363 Å². The molecule has 0 amide bonds. The average molecular weight is 1400 g/mol. The Kier molecular flexibility index (Phi) is 13.4. The lowest BCUT2D eigenvalue weighted by Gasteiger charge is -2.25. The molecule has 0 radical (unpaired) electrons. The van der Waals surface area contributed by atoms with Crippen molar-refractivity contribution < 1.29 is 4.42 Å². The van der Waals surface area contributed by atoms with Crippen molar-refractivity contribution in [3.63, 3.8) is 0 Å². The van der Waals surface area contributed by atoms with Crippen molar-refractivity contribution in [3.8, 4) is 101 Å². The number of para-hydroxylation sites is 2. The third-order valence-electron chi connectivity index (χ3n) is 23.5. The summed E-state index contributed by atoms with van der Waals surface area (Å²) in [6, 6.07) is 128. The standard InChI is InChI=1S/C103H64N6O/c1-103(2)88-34-14-12-27-77(88)79-30-16-32-82(97(79)103)98-81-50-47-75(61-19-4-3-5-20-61)58-90(81)105-102(106-98)109-92-35-18-29-76(96(92)87-57-69-24-9-11-26-71(69)60-94(87)109)66-44-41-64(42-45-66)63-37-39-65(40-38-63)73-48-51-89-86(56-73)99(83-33-17-31-80-78-28-13-15-36-95(78)110-100(80)83)107-101(104-89)108-91-52-49-74(72-46-43-62-21-6-7-22-67(62)53-72)55-84(91)85-54-68-23-8-10-25-70(68)59-93(85)108/h3-60H,1-2H3. The Balaban J connectivity index is 0.636. The summed E-state index contributed by atoms with van der Waals surface area (Å²) in [6.45, 7) is 4.71. The molecule has 0 atom stereocenters. The van der Waals surface area contributed by atoms with E-state index in [1.54, 1.807) is 0 Å². The van der Waals surface area contributed by atoms with Crippen molar-refractivity contribution in [1.29, 1.82) is 0 Å². The highest BCUT2D eigenvalue weighted by molar-refractivity contribution is 6.20. The van der Waals surface area contributed by atoms with E-state index < -0.39 is 0 Å². The van der Waals surface area contributed by atoms with Crippen LogP contribution in [0.3, 0.4) is 0 Å². The lowest BCUT2D eigenvalue weighted by atomic mass is 9.79. The first-order chi connectivity index (χ1) is 54.2. The van der Waals surface area contributed by atoms with Gasteiger partial charge in [0.15, 0.2) is 0 Å². The largest absolute Gasteiger partial charge is 0.455 e. The quantitative estimate of drug-likeness (QED) is 0.144. The van der Waals surface area contributed by atoms with Gasteiger partial charge in [-0.25, -0.2) is 19.9 Å². The van der Waals surface area contributed by atoms with Crippen LogP contribution < -0.4 is 0 Å². The molecule has 0 N–H and O–H groups in total. The molecule has 7 nitrogen and oxygen atoms in total. The summed E-state index contributed by atoms with van der Waals surface area (Å²) in [7, 11) is 0. The highest BCUT2D eigenvalue weighted by Crippen LogP contribution is 2.53. The molecule has 1 aliphatic carbocycles. The first kappa shape index (κ1) is 61.9. The van der Waals surface area contributed by atoms with Gasteiger partial charge in [0.25, 0.3) is 0 Å². The van der Waals surface area contributed by atoms with Crippen molar-refractivity contribution >= 4 is 120 Å². The van der Waals surface area contributed by atoms with Crippen LogP contribution in [0.15, 0.2) is 356 Å². The first-order valence-electron chi connectivity index (χ1n) is 37.7. The zero-order chi connectivity index (χ0) is 72.5. The van der Waals surface area contributed by atoms with Crippen molar-refractivity contribution in [2.75, 3.05) is 0 Å². The van der Waals surface area contributed by atoms with Crippen LogP contribution in [-0.2, 0) is 5.41 Å². The van der Waals surface area contributed by atoms with E-state index in [0.29, 0.717) is 11.9 Å². The summed E-state index contributed by atoms with van der Waals surface area (Å²) in [5.74, 6) is 1.21. The van der Waals surface area contributed by atoms with Gasteiger partial charge in [0, 0.05) is 59.6 Å². The predicted molar refractivity (Wildman–Crippen MR) is 457 cm³/mol. The van der Waals surface area contributed by atoms with Crippen molar-refractivity contribution in [2.24, 2.45) is 0 Å². The highest BCUT2D eigenvalue weighted by atomic mass is 16.3. The molecule has 5 heterocycles. The van der Waals surface area contributed by atoms with E-state index in [9.17, 15) is 0 Å². The normalized spacial score (nSPS) is 12.7. The molecule has 512 valence electrons. The zero-order valence-corrected chi connectivity index (χ0v) is 60.1. The van der Waals surface area contributed by atoms with Gasteiger partial charge in [-0.3, -0.25) is 9.13 Å². The summed E-state index contributed by atoms with van der Waals surface area (Å²) in [5, 5.41) is 15.7. The zero-order valence-electron chi connectivity index (χ0n) is 60.1. The van der Waals surface area contributed by atoms with Gasteiger partial charge >= 0.3 is 0 Å². The van der Waals surface area contributed by atoms with Gasteiger partial charge in [0.2, 0.25) is 11.9 Å². The second kappa shape index (κ2) is 23.8. The molecule has 0 fully saturated rings. The number of hydrogen-bond acceptors (Lipinski definition) is 5. The number of rotatable bonds is 9. The van der Waals surface area contributed by atoms with E-state index in [4.69, 9.17) is 24.4 Å². The lowest BCUT2D eigenvalue weighted by molar-refractivity contribution is 0.662. The summed E-state index contributed by atoms with van der Waals surface area (Å²) in [5.41, 5.74) is 27.2. The average Bonchev–Trinajstić information content (AvgIpc) is 1.56. The molecule has 0 aliphatic heterocycles. The van der Waals surface area contributed by atoms with Crippen molar-refractivity contribution in [3.05, 3.63) is 363 Å². The Labute approximate surface area is 632 Å². The van der Waals surface area contributed by atoms with Crippen LogP contribution in [0.2, 0.25) is 0 Å². The molecule has 17 aromatic carbocycles. The summed E-state index contributed by atoms with van der Waals surface area (Å²) < 4.78 is 11.4. The smallest absolute Gasteiger partial charge is 0.235 e. The summed E-state index contributed by atoms with van der Waals surface area (Å²) in [6.07, 6.45) is 0. The summed E-state index contributed by atoms with van der Waals surface area (Å²) >= 11 is 0. The predicted octanol–water partition coefficient (Wildman–Crippen LogP) is 27.1. The van der Waals surface area contributed by atoms with E-state index in [1.807, 2.05) is 12.1 Å². The Morgan fingerprint density at radius 3 is 1.51 bits per heavy atom. The fraction of sp³-hybridized carbons (Fsp3) is 0.0291. The van der Waals surface area contributed by atoms with Gasteiger partial charge in [-0.1, -0.05) is 281 Å². The number of benzene rings is 17. The van der Waals surface area contributed by atoms with Gasteiger partial charge in [-0.2, -0.15) is 0 Å². The topological polar surface area (TPSA) is 74.6 Å². The minimum atomic E-state index is -0.271. The van der Waals surface area contributed by atoms with Crippen LogP contribution in [-0.4, -0.2) is 29.1 Å². The van der Waals surface area contributed by atoms with E-state index in [0.717, 1.165) is 171 Å². The van der Waals surface area contributed by atoms with Gasteiger partial charge in [-0.15, -0.1) is 0 Å². The molecular formula is C103H64N6O. The molecule has 0 spiro atoms. The monoisotopic (exact) mass is 1400 g/mol. The molecular weight excluding hydrogens is 1340 g/mol. The molecule has 5 aromatic heterocycles. The second-order valence-corrected chi connectivity index (χ2v) is 30.0. The minimum absolute atomic E-state index is 0.271. The molecule has 0 unspecified atom stereocenters. The van der Waals surface area contributed by atoms with Gasteiger partial charge < -0.3 is 4.42 Å². The molecule has 1 aliphatic rings. The molecule has 0 bridgehead atoms. The Bertz CT molecular complexity index is 7670. The van der Waals surface area contributed by atoms with Crippen LogP contribution in [0.5, 0.6) is 0 Å². The highest BCUT2D eigenvalue weighted by Gasteiger charge is 2.38. The molecule has 110 heavy (non-hydrogen) atoms. The van der Waals surface area contributed by atoms with Crippen LogP contribution in [0, 0.1) is 0 Å². The van der Waals surface area contributed by atoms with E-state index >= 15 is 0 Å². The molecule has 22 aromatic rings. The number of aromatic nitrogens is 6. The Hall–Kier alpha value is -14.4. The van der Waals surface area contributed by atoms with Crippen molar-refractivity contribution in [2.45, 2.75) is 19.3 Å². The molecule has 0 saturated carbocycles. The number of nitrogens with zero attached hydrogens (tertiary/aromatic N) is 6. The van der Waals surface area contributed by atoms with Crippen LogP contribution in [0.4, 0.5) is 0 Å². The van der Waals surface area contributed by atoms with Gasteiger partial charge in [0.1, 0.15) is 11.2 Å². The fourth-order valence-corrected chi connectivity index (χ4v) is 18.2. The maximum absolute atomic E-state index is 6.85. The van der Waals surface area contributed by atoms with Crippen LogP contribution in [0.1, 0.15) is 25.0 Å². The van der Waals surface area contributed by atoms with Gasteiger partial charge in [-0.05, 0) is 195 Å². The Morgan fingerprint density at radius 1 is 0.255 bits per heavy atom. The second-order valence-electron chi connectivity index (χ2n) is 30.0. The minimum Gasteiger partial charge on any atom is -0.455 e. The maximum Gasteiger partial charge on any atom is 0.235 e. The van der Waals surface area contributed by atoms with Crippen molar-refractivity contribution in [1.82, 2.24) is 29.1 Å². The molecule has 7 heteroatoms. The van der Waals surface area contributed by atoms with E-state index in [-0.39, 0.29) is 5.41 Å². The van der Waals surface area contributed by atoms with Crippen LogP contribution in [0.25, 0.3) is 221 Å². The third kappa shape index (κ3) is 9.50. The maximum atomic E-state index is 6.85. The fourth-order valence-electron chi connectivity index (χ4n) is 18.2. The van der Waals surface area contributed by atoms with E-state index in [1.165, 1.54) is 49.4 Å². The van der Waals surface area contributed by atoms with Crippen LogP contribution >= 0.6 is 0 Å².